The number of ether oxygens (including phenoxy) is 1. The number of hydrogen-bond acceptors (Lipinski definition) is 5. The average molecular weight is 294 g/mol. The molecule has 2 N–H and O–H groups in total. The summed E-state index contributed by atoms with van der Waals surface area (Å²) in [5.74, 6) is -1.52. The summed E-state index contributed by atoms with van der Waals surface area (Å²) in [4.78, 5) is 28.1. The van der Waals surface area contributed by atoms with Crippen LogP contribution in [0.5, 0.6) is 5.75 Å². The van der Waals surface area contributed by atoms with Crippen LogP contribution >= 0.6 is 0 Å². The molecule has 0 spiro atoms. The Bertz CT molecular complexity index is 521. The van der Waals surface area contributed by atoms with Gasteiger partial charge in [-0.3, -0.25) is 4.79 Å². The van der Waals surface area contributed by atoms with Gasteiger partial charge in [0.1, 0.15) is 17.4 Å². The minimum absolute atomic E-state index is 0.119. The Labute approximate surface area is 124 Å². The summed E-state index contributed by atoms with van der Waals surface area (Å²) in [6.45, 7) is 8.87. The van der Waals surface area contributed by atoms with Crippen molar-refractivity contribution in [1.29, 1.82) is 0 Å². The van der Waals surface area contributed by atoms with Gasteiger partial charge < -0.3 is 15.2 Å². The number of hydrogen-bond donors (Lipinski definition) is 2. The molecule has 0 saturated carbocycles. The minimum Gasteiger partial charge on any atom is -0.505 e. The van der Waals surface area contributed by atoms with Crippen LogP contribution in [0.2, 0.25) is 0 Å². The summed E-state index contributed by atoms with van der Waals surface area (Å²) < 4.78 is 5.29. The van der Waals surface area contributed by atoms with Crippen LogP contribution in [0, 0.1) is 5.92 Å². The maximum atomic E-state index is 12.1. The van der Waals surface area contributed by atoms with Gasteiger partial charge in [-0.15, -0.1) is 0 Å². The van der Waals surface area contributed by atoms with E-state index >= 15 is 0 Å². The molecule has 6 heteroatoms. The molecule has 0 aliphatic rings. The number of esters is 1. The van der Waals surface area contributed by atoms with Crippen molar-refractivity contribution in [3.63, 3.8) is 0 Å². The summed E-state index contributed by atoms with van der Waals surface area (Å²) in [5, 5.41) is 12.2. The van der Waals surface area contributed by atoms with Crippen LogP contribution in [-0.4, -0.2) is 33.6 Å². The number of aromatic nitrogens is 1. The van der Waals surface area contributed by atoms with Crippen LogP contribution in [0.4, 0.5) is 0 Å². The molecule has 0 aromatic carbocycles. The molecule has 0 bridgehead atoms. The first-order valence-electron chi connectivity index (χ1n) is 6.79. The van der Waals surface area contributed by atoms with Gasteiger partial charge in [0, 0.05) is 6.20 Å². The summed E-state index contributed by atoms with van der Waals surface area (Å²) in [7, 11) is 0. The average Bonchev–Trinajstić information content (AvgIpc) is 2.33. The van der Waals surface area contributed by atoms with Crippen LogP contribution in [0.15, 0.2) is 18.3 Å². The predicted molar refractivity (Wildman–Crippen MR) is 77.8 cm³/mol. The molecule has 0 aliphatic heterocycles. The molecular weight excluding hydrogens is 272 g/mol. The van der Waals surface area contributed by atoms with Crippen molar-refractivity contribution in [2.75, 3.05) is 0 Å². The molecule has 1 rings (SSSR count). The second kappa shape index (κ2) is 6.56. The Kier molecular flexibility index (Phi) is 5.29. The van der Waals surface area contributed by atoms with Crippen molar-refractivity contribution in [3.8, 4) is 5.75 Å². The molecule has 0 aliphatic carbocycles. The summed E-state index contributed by atoms with van der Waals surface area (Å²) in [6, 6.07) is 2.07. The zero-order valence-corrected chi connectivity index (χ0v) is 13.0. The van der Waals surface area contributed by atoms with Crippen molar-refractivity contribution in [2.45, 2.75) is 46.3 Å². The van der Waals surface area contributed by atoms with Gasteiger partial charge in [0.25, 0.3) is 5.91 Å². The zero-order valence-electron chi connectivity index (χ0n) is 13.0. The molecule has 1 aromatic heterocycles. The third-order valence-corrected chi connectivity index (χ3v) is 2.62. The number of rotatable bonds is 4. The van der Waals surface area contributed by atoms with Crippen molar-refractivity contribution < 1.29 is 19.4 Å². The van der Waals surface area contributed by atoms with Crippen molar-refractivity contribution in [1.82, 2.24) is 10.3 Å². The molecule has 1 amide bonds. The largest absolute Gasteiger partial charge is 0.505 e. The third-order valence-electron chi connectivity index (χ3n) is 2.62. The number of pyridine rings is 1. The van der Waals surface area contributed by atoms with Crippen LogP contribution in [-0.2, 0) is 9.53 Å². The first-order valence-corrected chi connectivity index (χ1v) is 6.79. The maximum absolute atomic E-state index is 12.1. The number of carbonyl (C=O) groups is 2. The number of aromatic hydroxyl groups is 1. The number of nitrogens with one attached hydrogen (secondary N) is 1. The highest BCUT2D eigenvalue weighted by molar-refractivity contribution is 5.97. The lowest BCUT2D eigenvalue weighted by Gasteiger charge is -2.26. The van der Waals surface area contributed by atoms with Gasteiger partial charge >= 0.3 is 5.97 Å². The lowest BCUT2D eigenvalue weighted by atomic mass is 10.0. The van der Waals surface area contributed by atoms with Gasteiger partial charge in [-0.25, -0.2) is 9.78 Å². The summed E-state index contributed by atoms with van der Waals surface area (Å²) >= 11 is 0. The van der Waals surface area contributed by atoms with Gasteiger partial charge in [-0.2, -0.15) is 0 Å². The molecule has 6 nitrogen and oxygen atoms in total. The highest BCUT2D eigenvalue weighted by Gasteiger charge is 2.30. The maximum Gasteiger partial charge on any atom is 0.329 e. The van der Waals surface area contributed by atoms with Gasteiger partial charge in [-0.1, -0.05) is 13.8 Å². The first kappa shape index (κ1) is 16.9. The van der Waals surface area contributed by atoms with Crippen LogP contribution in [0.25, 0.3) is 0 Å². The normalized spacial score (nSPS) is 12.9. The van der Waals surface area contributed by atoms with E-state index in [1.165, 1.54) is 18.3 Å². The smallest absolute Gasteiger partial charge is 0.329 e. The quantitative estimate of drug-likeness (QED) is 0.828. The molecule has 1 atom stereocenters. The highest BCUT2D eigenvalue weighted by Crippen LogP contribution is 2.15. The van der Waals surface area contributed by atoms with E-state index in [-0.39, 0.29) is 17.4 Å². The summed E-state index contributed by atoms with van der Waals surface area (Å²) in [6.07, 6.45) is 1.40. The van der Waals surface area contributed by atoms with Gasteiger partial charge in [-0.05, 0) is 38.8 Å². The number of amides is 1. The minimum atomic E-state index is -0.807. The van der Waals surface area contributed by atoms with E-state index in [9.17, 15) is 14.7 Å². The Morgan fingerprint density at radius 2 is 1.95 bits per heavy atom. The molecule has 1 heterocycles. The van der Waals surface area contributed by atoms with Gasteiger partial charge in [0.15, 0.2) is 5.69 Å². The molecule has 0 saturated heterocycles. The second-order valence-electron chi connectivity index (χ2n) is 6.10. The Morgan fingerprint density at radius 3 is 2.43 bits per heavy atom. The van der Waals surface area contributed by atoms with E-state index in [0.717, 1.165) is 0 Å². The lowest BCUT2D eigenvalue weighted by Crippen LogP contribution is -2.47. The van der Waals surface area contributed by atoms with E-state index in [1.807, 2.05) is 0 Å². The molecule has 116 valence electrons. The van der Waals surface area contributed by atoms with Crippen LogP contribution in [0.1, 0.15) is 45.1 Å². The highest BCUT2D eigenvalue weighted by atomic mass is 16.6. The van der Waals surface area contributed by atoms with E-state index < -0.39 is 23.5 Å². The lowest BCUT2D eigenvalue weighted by molar-refractivity contribution is -0.158. The van der Waals surface area contributed by atoms with E-state index in [2.05, 4.69) is 10.3 Å². The monoisotopic (exact) mass is 294 g/mol. The SMILES string of the molecule is CC(C)[C@@H](NC(=O)c1ncccc1O)C(=O)OC(C)(C)C. The molecule has 0 fully saturated rings. The zero-order chi connectivity index (χ0) is 16.2. The number of nitrogens with zero attached hydrogens (tertiary/aromatic N) is 1. The molecule has 0 unspecified atom stereocenters. The molecule has 0 radical (unpaired) electrons. The van der Waals surface area contributed by atoms with E-state index in [4.69, 9.17) is 4.74 Å². The van der Waals surface area contributed by atoms with Gasteiger partial charge in [0.2, 0.25) is 0 Å². The Balaban J connectivity index is 2.87. The Morgan fingerprint density at radius 1 is 1.33 bits per heavy atom. The van der Waals surface area contributed by atoms with E-state index in [1.54, 1.807) is 34.6 Å². The van der Waals surface area contributed by atoms with Crippen molar-refractivity contribution in [2.24, 2.45) is 5.92 Å². The van der Waals surface area contributed by atoms with Crippen LogP contribution in [0.3, 0.4) is 0 Å². The van der Waals surface area contributed by atoms with Crippen molar-refractivity contribution >= 4 is 11.9 Å². The molecule has 1 aromatic rings. The fourth-order valence-electron chi connectivity index (χ4n) is 1.64. The number of carbonyl (C=O) groups excluding carboxylic acids is 2. The first-order chi connectivity index (χ1) is 9.61. The standard InChI is InChI=1S/C15H22N2O4/c1-9(2)11(14(20)21-15(3,4)5)17-13(19)12-10(18)7-6-8-16-12/h6-9,11,18H,1-5H3,(H,17,19)/t11-/m1/s1. The Hall–Kier alpha value is -2.11. The van der Waals surface area contributed by atoms with E-state index in [0.29, 0.717) is 0 Å². The fraction of sp³-hybridized carbons (Fsp3) is 0.533. The van der Waals surface area contributed by atoms with Gasteiger partial charge in [0.05, 0.1) is 0 Å². The third kappa shape index (κ3) is 5.06. The summed E-state index contributed by atoms with van der Waals surface area (Å²) in [5.41, 5.74) is -0.756. The molecular formula is C15H22N2O4. The van der Waals surface area contributed by atoms with Crippen molar-refractivity contribution in [3.05, 3.63) is 24.0 Å². The predicted octanol–water partition coefficient (Wildman–Crippen LogP) is 1.88. The van der Waals surface area contributed by atoms with Crippen LogP contribution < -0.4 is 5.32 Å². The molecule has 21 heavy (non-hydrogen) atoms. The second-order valence-corrected chi connectivity index (χ2v) is 6.10. The fourth-order valence-corrected chi connectivity index (χ4v) is 1.64. The topological polar surface area (TPSA) is 88.5 Å².